The number of nitrogens with two attached hydrogens (primary N) is 1. The van der Waals surface area contributed by atoms with E-state index in [4.69, 9.17) is 17.3 Å². The molecule has 0 aromatic heterocycles. The molecule has 1 atom stereocenters. The number of nitro benzene ring substituents is 1. The highest BCUT2D eigenvalue weighted by Crippen LogP contribution is 2.40. The van der Waals surface area contributed by atoms with Crippen LogP contribution in [0, 0.1) is 10.1 Å². The van der Waals surface area contributed by atoms with Gasteiger partial charge in [-0.05, 0) is 42.7 Å². The van der Waals surface area contributed by atoms with Gasteiger partial charge < -0.3 is 10.6 Å². The maximum Gasteiger partial charge on any atom is 0.293 e. The van der Waals surface area contributed by atoms with Crippen LogP contribution in [0.25, 0.3) is 0 Å². The van der Waals surface area contributed by atoms with Crippen LogP contribution in [0.3, 0.4) is 0 Å². The number of nitrogens with zero attached hydrogens (tertiary/aromatic N) is 2. The third kappa shape index (κ3) is 3.05. The highest BCUT2D eigenvalue weighted by Gasteiger charge is 2.31. The molecule has 3 rings (SSSR count). The van der Waals surface area contributed by atoms with Crippen molar-refractivity contribution in [1.82, 2.24) is 0 Å². The average molecular weight is 346 g/mol. The summed E-state index contributed by atoms with van der Waals surface area (Å²) in [5.74, 6) is -0.680. The molecule has 1 saturated heterocycles. The number of primary amides is 1. The lowest BCUT2D eigenvalue weighted by Gasteiger charge is -2.27. The molecule has 0 aliphatic carbocycles. The normalized spacial score (nSPS) is 17.0. The highest BCUT2D eigenvalue weighted by atomic mass is 35.5. The van der Waals surface area contributed by atoms with Gasteiger partial charge in [-0.25, -0.2) is 0 Å². The second kappa shape index (κ2) is 6.49. The fraction of sp³-hybridized carbons (Fsp3) is 0.235. The molecule has 1 fully saturated rings. The number of amides is 1. The first-order chi connectivity index (χ1) is 11.5. The summed E-state index contributed by atoms with van der Waals surface area (Å²) < 4.78 is 0. The Bertz CT molecular complexity index is 792. The zero-order valence-electron chi connectivity index (χ0n) is 12.8. The first-order valence-corrected chi connectivity index (χ1v) is 7.95. The zero-order valence-corrected chi connectivity index (χ0v) is 13.6. The molecule has 0 bridgehead atoms. The largest absolute Gasteiger partial charge is 0.366 e. The number of carbonyl (C=O) groups excluding carboxylic acids is 1. The van der Waals surface area contributed by atoms with E-state index in [0.717, 1.165) is 18.4 Å². The Morgan fingerprint density at radius 1 is 1.25 bits per heavy atom. The molecule has 2 aromatic carbocycles. The van der Waals surface area contributed by atoms with Crippen LogP contribution in [0.15, 0.2) is 42.5 Å². The predicted octanol–water partition coefficient (Wildman–Crippen LogP) is 3.69. The van der Waals surface area contributed by atoms with E-state index in [-0.39, 0.29) is 17.3 Å². The van der Waals surface area contributed by atoms with Crippen molar-refractivity contribution in [2.75, 3.05) is 11.4 Å². The molecule has 124 valence electrons. The lowest BCUT2D eigenvalue weighted by Crippen LogP contribution is -2.23. The zero-order chi connectivity index (χ0) is 17.3. The van der Waals surface area contributed by atoms with Gasteiger partial charge in [0.25, 0.3) is 5.69 Å². The van der Waals surface area contributed by atoms with Crippen molar-refractivity contribution >= 4 is 28.9 Å². The van der Waals surface area contributed by atoms with Gasteiger partial charge in [-0.3, -0.25) is 14.9 Å². The Morgan fingerprint density at radius 2 is 1.96 bits per heavy atom. The van der Waals surface area contributed by atoms with Gasteiger partial charge in [-0.2, -0.15) is 0 Å². The summed E-state index contributed by atoms with van der Waals surface area (Å²) in [5.41, 5.74) is 6.82. The van der Waals surface area contributed by atoms with Gasteiger partial charge in [0.05, 0.1) is 11.0 Å². The van der Waals surface area contributed by atoms with Crippen LogP contribution in [0.2, 0.25) is 5.02 Å². The fourth-order valence-electron chi connectivity index (χ4n) is 3.15. The summed E-state index contributed by atoms with van der Waals surface area (Å²) in [7, 11) is 0. The third-order valence-electron chi connectivity index (χ3n) is 4.27. The van der Waals surface area contributed by atoms with Crippen LogP contribution in [0.1, 0.15) is 34.8 Å². The number of carbonyl (C=O) groups is 1. The summed E-state index contributed by atoms with van der Waals surface area (Å²) >= 11 is 5.94. The standard InChI is InChI=1S/C17H16ClN3O3/c18-13-6-3-11(4-7-13)14-2-1-9-20(14)15-8-5-12(17(19)22)10-16(15)21(23)24/h3-8,10,14H,1-2,9H2,(H2,19,22)/t14-/m0/s1. The van der Waals surface area contributed by atoms with E-state index in [2.05, 4.69) is 0 Å². The molecule has 6 nitrogen and oxygen atoms in total. The topological polar surface area (TPSA) is 89.5 Å². The monoisotopic (exact) mass is 345 g/mol. The first kappa shape index (κ1) is 16.3. The minimum atomic E-state index is -0.680. The molecule has 0 radical (unpaired) electrons. The van der Waals surface area contributed by atoms with Crippen molar-refractivity contribution in [2.24, 2.45) is 5.73 Å². The van der Waals surface area contributed by atoms with Gasteiger partial charge in [0.2, 0.25) is 5.91 Å². The van der Waals surface area contributed by atoms with Crippen LogP contribution >= 0.6 is 11.6 Å². The first-order valence-electron chi connectivity index (χ1n) is 7.57. The smallest absolute Gasteiger partial charge is 0.293 e. The number of anilines is 1. The Kier molecular flexibility index (Phi) is 4.40. The van der Waals surface area contributed by atoms with Crippen LogP contribution in [-0.4, -0.2) is 17.4 Å². The Balaban J connectivity index is 2.02. The van der Waals surface area contributed by atoms with E-state index < -0.39 is 10.8 Å². The molecule has 1 heterocycles. The van der Waals surface area contributed by atoms with Gasteiger partial charge >= 0.3 is 0 Å². The average Bonchev–Trinajstić information content (AvgIpc) is 3.04. The molecular weight excluding hydrogens is 330 g/mol. The van der Waals surface area contributed by atoms with Gasteiger partial charge in [0.15, 0.2) is 0 Å². The summed E-state index contributed by atoms with van der Waals surface area (Å²) in [4.78, 5) is 24.3. The summed E-state index contributed by atoms with van der Waals surface area (Å²) in [6.07, 6.45) is 1.83. The second-order valence-electron chi connectivity index (χ2n) is 5.73. The molecule has 24 heavy (non-hydrogen) atoms. The summed E-state index contributed by atoms with van der Waals surface area (Å²) in [6, 6.07) is 11.9. The second-order valence-corrected chi connectivity index (χ2v) is 6.16. The van der Waals surface area contributed by atoms with Crippen LogP contribution in [0.5, 0.6) is 0 Å². The molecule has 1 aliphatic rings. The highest BCUT2D eigenvalue weighted by molar-refractivity contribution is 6.30. The van der Waals surface area contributed by atoms with Crippen molar-refractivity contribution in [3.63, 3.8) is 0 Å². The summed E-state index contributed by atoms with van der Waals surface area (Å²) in [6.45, 7) is 0.712. The number of hydrogen-bond donors (Lipinski definition) is 1. The third-order valence-corrected chi connectivity index (χ3v) is 4.53. The predicted molar refractivity (Wildman–Crippen MR) is 92.4 cm³/mol. The molecule has 0 saturated carbocycles. The van der Waals surface area contributed by atoms with E-state index in [1.165, 1.54) is 12.1 Å². The van der Waals surface area contributed by atoms with E-state index in [1.54, 1.807) is 6.07 Å². The lowest BCUT2D eigenvalue weighted by atomic mass is 10.0. The van der Waals surface area contributed by atoms with Crippen LogP contribution < -0.4 is 10.6 Å². The van der Waals surface area contributed by atoms with Gasteiger partial charge in [-0.1, -0.05) is 23.7 Å². The van der Waals surface area contributed by atoms with Crippen LogP contribution in [0.4, 0.5) is 11.4 Å². The number of nitro groups is 1. The van der Waals surface area contributed by atoms with E-state index in [9.17, 15) is 14.9 Å². The number of rotatable bonds is 4. The number of halogens is 1. The van der Waals surface area contributed by atoms with Crippen molar-refractivity contribution in [2.45, 2.75) is 18.9 Å². The van der Waals surface area contributed by atoms with E-state index in [1.807, 2.05) is 29.2 Å². The lowest BCUT2D eigenvalue weighted by molar-refractivity contribution is -0.384. The molecule has 1 amide bonds. The number of benzene rings is 2. The molecule has 0 spiro atoms. The quantitative estimate of drug-likeness (QED) is 0.676. The molecule has 2 aromatic rings. The Morgan fingerprint density at radius 3 is 2.58 bits per heavy atom. The maximum atomic E-state index is 11.5. The van der Waals surface area contributed by atoms with E-state index in [0.29, 0.717) is 17.3 Å². The molecule has 7 heteroatoms. The Hall–Kier alpha value is -2.60. The molecular formula is C17H16ClN3O3. The summed E-state index contributed by atoms with van der Waals surface area (Å²) in [5, 5.41) is 12.1. The number of hydrogen-bond acceptors (Lipinski definition) is 4. The van der Waals surface area contributed by atoms with Crippen LogP contribution in [-0.2, 0) is 0 Å². The fourth-order valence-corrected chi connectivity index (χ4v) is 3.28. The van der Waals surface area contributed by atoms with Gasteiger partial charge in [-0.15, -0.1) is 0 Å². The minimum absolute atomic E-state index is 0.0420. The minimum Gasteiger partial charge on any atom is -0.366 e. The van der Waals surface area contributed by atoms with E-state index >= 15 is 0 Å². The van der Waals surface area contributed by atoms with Gasteiger partial charge in [0, 0.05) is 23.2 Å². The maximum absolute atomic E-state index is 11.5. The van der Waals surface area contributed by atoms with Crippen molar-refractivity contribution < 1.29 is 9.72 Å². The SMILES string of the molecule is NC(=O)c1ccc(N2CCC[C@H]2c2ccc(Cl)cc2)c([N+](=O)[O-])c1. The van der Waals surface area contributed by atoms with Crippen molar-refractivity contribution in [3.05, 3.63) is 68.7 Å². The molecule has 2 N–H and O–H groups in total. The van der Waals surface area contributed by atoms with Crippen molar-refractivity contribution in [1.29, 1.82) is 0 Å². The molecule has 1 aliphatic heterocycles. The van der Waals surface area contributed by atoms with Crippen molar-refractivity contribution in [3.8, 4) is 0 Å². The van der Waals surface area contributed by atoms with Gasteiger partial charge in [0.1, 0.15) is 5.69 Å². The molecule has 0 unspecified atom stereocenters. The Labute approximate surface area is 144 Å².